The zero-order valence-corrected chi connectivity index (χ0v) is 25.8. The van der Waals surface area contributed by atoms with Gasteiger partial charge in [0.25, 0.3) is 0 Å². The minimum Gasteiger partial charge on any atom is -0.544 e. The third-order valence-corrected chi connectivity index (χ3v) is 8.25. The van der Waals surface area contributed by atoms with Crippen LogP contribution in [-0.2, 0) is 39.9 Å². The van der Waals surface area contributed by atoms with E-state index in [0.717, 1.165) is 6.92 Å². The Morgan fingerprint density at radius 3 is 2.37 bits per heavy atom. The van der Waals surface area contributed by atoms with Crippen molar-refractivity contribution in [2.75, 3.05) is 13.2 Å². The summed E-state index contributed by atoms with van der Waals surface area (Å²) in [6.07, 6.45) is -7.79. The summed E-state index contributed by atoms with van der Waals surface area (Å²) in [4.78, 5) is 58.4. The lowest BCUT2D eigenvalue weighted by Gasteiger charge is -2.40. The number of carboxylic acids is 4. The molecule has 1 fully saturated rings. The standard InChI is InChI=1S/C30H36N2O17/c1-30(46,9-21(34)35)10-22(36)47-11-20-23(37)24(38)25(39)29(49-20)48-19-7-13-6-17(28(44)45)32(16(13)8-18(19)33)3-2-12-4-14(26(40)41)31-15(5-12)27(42)43/h2,4,7-8,15,17,20,23-25,29,31,33,37-39,46H,3,5-6,9-11H2,1H3,(H,34,35)(H,40,41)(H,42,43)(H,44,45)/t15-,17+,20-,23-,24+,25-,29-,30+/m1/s1. The van der Waals surface area contributed by atoms with Gasteiger partial charge in [0.15, 0.2) is 11.5 Å². The number of carboxylic acid groups (broad SMARTS) is 4. The van der Waals surface area contributed by atoms with Crippen LogP contribution in [0.1, 0.15) is 31.7 Å². The number of allylic oxidation sites excluding steroid dienone is 1. The third-order valence-electron chi connectivity index (χ3n) is 8.25. The number of benzene rings is 1. The van der Waals surface area contributed by atoms with E-state index in [-0.39, 0.29) is 35.7 Å². The number of aromatic hydroxyl groups is 1. The van der Waals surface area contributed by atoms with Crippen molar-refractivity contribution in [3.8, 4) is 11.5 Å². The Labute approximate surface area is 276 Å². The van der Waals surface area contributed by atoms with E-state index in [0.29, 0.717) is 16.8 Å². The normalized spacial score (nSPS) is 29.9. The van der Waals surface area contributed by atoms with E-state index in [1.807, 2.05) is 0 Å². The highest BCUT2D eigenvalue weighted by atomic mass is 16.7. The summed E-state index contributed by atoms with van der Waals surface area (Å²) in [7, 11) is 0. The predicted octanol–water partition coefficient (Wildman–Crippen LogP) is -4.73. The third kappa shape index (κ3) is 8.82. The maximum absolute atomic E-state index is 12.2. The van der Waals surface area contributed by atoms with Gasteiger partial charge >= 0.3 is 23.9 Å². The SMILES string of the molecule is C[C@](O)(CC(=O)O)CC(=O)OC[C@H]1O[C@@H](Oc2cc3c(cc2O)[NH+](CC=C2C=C(C(=O)O)N[C@@H](C(=O)O)C2)[C@H](C(=O)[O-])C3)[C@H](O)[C@@H](O)[C@@H]1O. The van der Waals surface area contributed by atoms with Gasteiger partial charge < -0.3 is 70.3 Å². The van der Waals surface area contributed by atoms with Gasteiger partial charge in [0, 0.05) is 24.5 Å². The fraction of sp³-hybridized carbons (Fsp3) is 0.500. The molecule has 3 heterocycles. The molecular formula is C30H36N2O17. The monoisotopic (exact) mass is 696 g/mol. The van der Waals surface area contributed by atoms with Crippen LogP contribution in [0.5, 0.6) is 11.5 Å². The van der Waals surface area contributed by atoms with E-state index in [9.17, 15) is 64.8 Å². The molecule has 1 aromatic rings. The minimum atomic E-state index is -1.94. The second kappa shape index (κ2) is 14.8. The van der Waals surface area contributed by atoms with Crippen LogP contribution < -0.4 is 20.1 Å². The number of aliphatic hydroxyl groups excluding tert-OH is 3. The van der Waals surface area contributed by atoms with Gasteiger partial charge in [0.2, 0.25) is 6.29 Å². The highest BCUT2D eigenvalue weighted by Gasteiger charge is 2.46. The maximum atomic E-state index is 12.2. The van der Waals surface area contributed by atoms with E-state index < -0.39 is 103 Å². The van der Waals surface area contributed by atoms with E-state index >= 15 is 0 Å². The molecular weight excluding hydrogens is 660 g/mol. The second-order valence-corrected chi connectivity index (χ2v) is 12.2. The Morgan fingerprint density at radius 1 is 1.06 bits per heavy atom. The van der Waals surface area contributed by atoms with Crippen molar-refractivity contribution in [3.05, 3.63) is 41.1 Å². The fourth-order valence-corrected chi connectivity index (χ4v) is 5.80. The lowest BCUT2D eigenvalue weighted by atomic mass is 9.98. The van der Waals surface area contributed by atoms with Crippen molar-refractivity contribution < 1.29 is 89.0 Å². The number of nitrogens with one attached hydrogen (secondary N) is 2. The van der Waals surface area contributed by atoms with Gasteiger partial charge in [-0.15, -0.1) is 0 Å². The Morgan fingerprint density at radius 2 is 1.76 bits per heavy atom. The van der Waals surface area contributed by atoms with Gasteiger partial charge in [-0.05, 0) is 30.7 Å². The Balaban J connectivity index is 1.50. The first-order valence-electron chi connectivity index (χ1n) is 14.9. The average Bonchev–Trinajstić information content (AvgIpc) is 3.35. The van der Waals surface area contributed by atoms with Crippen molar-refractivity contribution in [2.45, 2.75) is 81.0 Å². The van der Waals surface area contributed by atoms with Crippen LogP contribution in [0.2, 0.25) is 0 Å². The van der Waals surface area contributed by atoms with Crippen LogP contribution in [-0.4, -0.2) is 132 Å². The summed E-state index contributed by atoms with van der Waals surface area (Å²) in [5, 5.41) is 94.3. The molecule has 0 spiro atoms. The van der Waals surface area contributed by atoms with E-state index in [4.69, 9.17) is 19.3 Å². The molecule has 3 aliphatic rings. The first kappa shape index (κ1) is 37.0. The van der Waals surface area contributed by atoms with Gasteiger partial charge in [0.05, 0.1) is 18.4 Å². The molecule has 0 saturated carbocycles. The Kier molecular flexibility index (Phi) is 11.2. The molecule has 0 aromatic heterocycles. The largest absolute Gasteiger partial charge is 0.544 e. The molecule has 3 aliphatic heterocycles. The Bertz CT molecular complexity index is 1550. The van der Waals surface area contributed by atoms with Crippen LogP contribution >= 0.6 is 0 Å². The van der Waals surface area contributed by atoms with Crippen molar-refractivity contribution in [1.29, 1.82) is 0 Å². The molecule has 1 saturated heterocycles. The molecule has 0 aliphatic carbocycles. The van der Waals surface area contributed by atoms with E-state index in [1.54, 1.807) is 0 Å². The maximum Gasteiger partial charge on any atom is 0.351 e. The molecule has 1 aromatic carbocycles. The lowest BCUT2D eigenvalue weighted by Crippen LogP contribution is -3.11. The van der Waals surface area contributed by atoms with Gasteiger partial charge in [-0.1, -0.05) is 0 Å². The minimum absolute atomic E-state index is 0.0724. The van der Waals surface area contributed by atoms with Crippen molar-refractivity contribution in [3.63, 3.8) is 0 Å². The zero-order chi connectivity index (χ0) is 36.4. The molecule has 268 valence electrons. The molecule has 9 atom stereocenters. The van der Waals surface area contributed by atoms with Crippen LogP contribution in [0.25, 0.3) is 0 Å². The number of quaternary nitrogens is 1. The molecule has 49 heavy (non-hydrogen) atoms. The van der Waals surface area contributed by atoms with Crippen LogP contribution in [0.15, 0.2) is 35.6 Å². The van der Waals surface area contributed by atoms with Crippen molar-refractivity contribution in [2.24, 2.45) is 0 Å². The van der Waals surface area contributed by atoms with Gasteiger partial charge in [-0.2, -0.15) is 0 Å². The van der Waals surface area contributed by atoms with Crippen LogP contribution in [0.4, 0.5) is 5.69 Å². The number of ether oxygens (including phenoxy) is 3. The summed E-state index contributed by atoms with van der Waals surface area (Å²) in [5.74, 6) is -7.41. The molecule has 0 amide bonds. The summed E-state index contributed by atoms with van der Waals surface area (Å²) in [6.45, 7) is 0.321. The fourth-order valence-electron chi connectivity index (χ4n) is 5.80. The van der Waals surface area contributed by atoms with Gasteiger partial charge in [0.1, 0.15) is 67.0 Å². The smallest absolute Gasteiger partial charge is 0.351 e. The van der Waals surface area contributed by atoms with Crippen molar-refractivity contribution in [1.82, 2.24) is 5.32 Å². The Hall–Kier alpha value is -4.79. The number of hydrogen-bond acceptors (Lipinski definition) is 15. The quantitative estimate of drug-likeness (QED) is 0.0866. The lowest BCUT2D eigenvalue weighted by molar-refractivity contribution is -0.840. The number of carbonyl (C=O) groups is 5. The topological polar surface area (TPSA) is 314 Å². The van der Waals surface area contributed by atoms with Crippen molar-refractivity contribution >= 4 is 35.5 Å². The number of fused-ring (bicyclic) bond motifs is 1. The first-order chi connectivity index (χ1) is 22.9. The predicted molar refractivity (Wildman–Crippen MR) is 155 cm³/mol. The van der Waals surface area contributed by atoms with E-state index in [1.165, 1.54) is 24.3 Å². The van der Waals surface area contributed by atoms with Gasteiger partial charge in [-0.25, -0.2) is 9.59 Å². The molecule has 19 heteroatoms. The molecule has 0 bridgehead atoms. The van der Waals surface area contributed by atoms with E-state index in [2.05, 4.69) is 5.32 Å². The molecule has 4 rings (SSSR count). The van der Waals surface area contributed by atoms with Crippen LogP contribution in [0.3, 0.4) is 0 Å². The molecule has 0 radical (unpaired) electrons. The number of hydrogen-bond donors (Lipinski definition) is 10. The molecule has 19 nitrogen and oxygen atoms in total. The summed E-state index contributed by atoms with van der Waals surface area (Å²) >= 11 is 0. The highest BCUT2D eigenvalue weighted by Crippen LogP contribution is 2.36. The average molecular weight is 697 g/mol. The zero-order valence-electron chi connectivity index (χ0n) is 25.8. The molecule has 1 unspecified atom stereocenters. The summed E-state index contributed by atoms with van der Waals surface area (Å²) < 4.78 is 16.1. The summed E-state index contributed by atoms with van der Waals surface area (Å²) in [5.41, 5.74) is -1.32. The number of aliphatic carboxylic acids is 4. The summed E-state index contributed by atoms with van der Waals surface area (Å²) in [6, 6.07) is 0.0323. The number of phenolic OH excluding ortho intramolecular Hbond substituents is 1. The number of aliphatic hydroxyl groups is 4. The molecule has 10 N–H and O–H groups in total. The van der Waals surface area contributed by atoms with Gasteiger partial charge in [-0.3, -0.25) is 14.5 Å². The number of rotatable bonds is 13. The number of esters is 1. The number of phenols is 1. The number of carbonyl (C=O) groups excluding carboxylic acids is 2. The first-order valence-corrected chi connectivity index (χ1v) is 14.9. The van der Waals surface area contributed by atoms with Crippen LogP contribution in [0, 0.1) is 0 Å². The second-order valence-electron chi connectivity index (χ2n) is 12.2. The highest BCUT2D eigenvalue weighted by molar-refractivity contribution is 5.89.